The van der Waals surface area contributed by atoms with Crippen molar-refractivity contribution in [2.24, 2.45) is 0 Å². The van der Waals surface area contributed by atoms with Gasteiger partial charge in [-0.15, -0.1) is 0 Å². The molecule has 1 N–H and O–H groups in total. The maximum Gasteiger partial charge on any atom is 0.517 e. The van der Waals surface area contributed by atoms with Crippen LogP contribution in [0.2, 0.25) is 0 Å². The minimum atomic E-state index is -2.66. The number of hydrogen-bond acceptors (Lipinski definition) is 6. The first kappa shape index (κ1) is 17.5. The molecule has 0 heterocycles. The van der Waals surface area contributed by atoms with Crippen LogP contribution in [0.3, 0.4) is 0 Å². The number of carbonyl (C=O) groups is 1. The lowest BCUT2D eigenvalue weighted by Gasteiger charge is -2.32. The normalized spacial score (nSPS) is 13.4. The van der Waals surface area contributed by atoms with Crippen molar-refractivity contribution in [3.63, 3.8) is 0 Å². The maximum absolute atomic E-state index is 11.0. The Morgan fingerprint density at radius 1 is 1.17 bits per heavy atom. The van der Waals surface area contributed by atoms with Crippen molar-refractivity contribution in [3.05, 3.63) is 0 Å². The molecule has 0 aromatic heterocycles. The number of esters is 1. The van der Waals surface area contributed by atoms with E-state index in [0.29, 0.717) is 19.4 Å². The van der Waals surface area contributed by atoms with Gasteiger partial charge in [-0.05, 0) is 19.4 Å². The molecule has 0 saturated heterocycles. The molecule has 0 fully saturated rings. The van der Waals surface area contributed by atoms with Gasteiger partial charge < -0.3 is 23.3 Å². The van der Waals surface area contributed by atoms with E-state index in [1.54, 1.807) is 21.3 Å². The third-order valence-electron chi connectivity index (χ3n) is 2.86. The standard InChI is InChI=1S/C11H25NO5Si/c1-6-10(18(15-3,16-4)17-5)12-9-7-8-11(13)14-2/h10,12H,6-9H2,1-5H3. The quantitative estimate of drug-likeness (QED) is 0.361. The SMILES string of the molecule is CCC(NCCCC(=O)OC)[Si](OC)(OC)OC. The number of ether oxygens (including phenoxy) is 1. The van der Waals surface area contributed by atoms with E-state index < -0.39 is 8.80 Å². The minimum Gasteiger partial charge on any atom is -0.469 e. The van der Waals surface area contributed by atoms with E-state index in [0.717, 1.165) is 6.42 Å². The fourth-order valence-corrected chi connectivity index (χ4v) is 4.06. The van der Waals surface area contributed by atoms with Gasteiger partial charge in [0.05, 0.1) is 12.8 Å². The summed E-state index contributed by atoms with van der Waals surface area (Å²) in [7, 11) is 3.52. The fraction of sp³-hybridized carbons (Fsp3) is 0.909. The van der Waals surface area contributed by atoms with Gasteiger partial charge in [0.25, 0.3) is 0 Å². The zero-order chi connectivity index (χ0) is 14.0. The highest BCUT2D eigenvalue weighted by molar-refractivity contribution is 6.62. The van der Waals surface area contributed by atoms with Crippen LogP contribution >= 0.6 is 0 Å². The van der Waals surface area contributed by atoms with E-state index in [9.17, 15) is 4.79 Å². The summed E-state index contributed by atoms with van der Waals surface area (Å²) in [5.41, 5.74) is 0.0233. The maximum atomic E-state index is 11.0. The Morgan fingerprint density at radius 2 is 1.72 bits per heavy atom. The van der Waals surface area contributed by atoms with Gasteiger partial charge in [-0.25, -0.2) is 0 Å². The van der Waals surface area contributed by atoms with Gasteiger partial charge in [0.15, 0.2) is 0 Å². The summed E-state index contributed by atoms with van der Waals surface area (Å²) < 4.78 is 20.9. The number of rotatable bonds is 10. The molecule has 7 heteroatoms. The third kappa shape index (κ3) is 5.03. The zero-order valence-electron chi connectivity index (χ0n) is 11.9. The van der Waals surface area contributed by atoms with E-state index in [1.807, 2.05) is 6.92 Å². The molecular weight excluding hydrogens is 254 g/mol. The molecule has 0 bridgehead atoms. The summed E-state index contributed by atoms with van der Waals surface area (Å²) in [6.45, 7) is 2.73. The lowest BCUT2D eigenvalue weighted by molar-refractivity contribution is -0.140. The molecule has 1 atom stereocenters. The highest BCUT2D eigenvalue weighted by Gasteiger charge is 2.46. The Kier molecular flexibility index (Phi) is 9.21. The molecule has 0 rings (SSSR count). The Balaban J connectivity index is 4.20. The first-order chi connectivity index (χ1) is 8.60. The van der Waals surface area contributed by atoms with Gasteiger partial charge in [-0.2, -0.15) is 0 Å². The first-order valence-corrected chi connectivity index (χ1v) is 7.86. The highest BCUT2D eigenvalue weighted by atomic mass is 28.4. The second-order valence-electron chi connectivity index (χ2n) is 3.81. The molecule has 0 aromatic carbocycles. The second kappa shape index (κ2) is 9.46. The van der Waals surface area contributed by atoms with E-state index in [2.05, 4.69) is 10.1 Å². The van der Waals surface area contributed by atoms with Gasteiger partial charge in [0.1, 0.15) is 0 Å². The molecule has 0 spiro atoms. The van der Waals surface area contributed by atoms with Crippen LogP contribution in [0.15, 0.2) is 0 Å². The van der Waals surface area contributed by atoms with Crippen LogP contribution in [0.4, 0.5) is 0 Å². The van der Waals surface area contributed by atoms with Crippen molar-refractivity contribution >= 4 is 14.8 Å². The Labute approximate surface area is 110 Å². The van der Waals surface area contributed by atoms with E-state index >= 15 is 0 Å². The highest BCUT2D eigenvalue weighted by Crippen LogP contribution is 2.14. The van der Waals surface area contributed by atoms with Crippen molar-refractivity contribution in [1.82, 2.24) is 5.32 Å². The van der Waals surface area contributed by atoms with Crippen molar-refractivity contribution in [2.75, 3.05) is 35.0 Å². The molecule has 0 radical (unpaired) electrons. The van der Waals surface area contributed by atoms with Crippen LogP contribution in [-0.2, 0) is 22.8 Å². The van der Waals surface area contributed by atoms with E-state index in [1.165, 1.54) is 7.11 Å². The summed E-state index contributed by atoms with van der Waals surface area (Å²) in [5, 5.41) is 3.32. The van der Waals surface area contributed by atoms with Gasteiger partial charge in [0.2, 0.25) is 0 Å². The molecule has 0 aromatic rings. The van der Waals surface area contributed by atoms with Crippen LogP contribution in [0, 0.1) is 0 Å². The van der Waals surface area contributed by atoms with Gasteiger partial charge in [-0.1, -0.05) is 6.92 Å². The Morgan fingerprint density at radius 3 is 2.11 bits per heavy atom. The lowest BCUT2D eigenvalue weighted by atomic mass is 10.3. The van der Waals surface area contributed by atoms with Crippen LogP contribution in [-0.4, -0.2) is 55.4 Å². The summed E-state index contributed by atoms with van der Waals surface area (Å²) in [5.74, 6) is -0.196. The number of methoxy groups -OCH3 is 1. The molecule has 0 amide bonds. The monoisotopic (exact) mass is 279 g/mol. The topological polar surface area (TPSA) is 66.0 Å². The van der Waals surface area contributed by atoms with Crippen LogP contribution < -0.4 is 5.32 Å². The molecule has 0 aliphatic heterocycles. The molecular formula is C11H25NO5Si. The summed E-state index contributed by atoms with van der Waals surface area (Å²) >= 11 is 0. The van der Waals surface area contributed by atoms with Gasteiger partial charge >= 0.3 is 14.8 Å². The van der Waals surface area contributed by atoms with Gasteiger partial charge in [0, 0.05) is 27.8 Å². The molecule has 6 nitrogen and oxygen atoms in total. The molecule has 0 aliphatic rings. The Bertz CT molecular complexity index is 227. The van der Waals surface area contributed by atoms with Crippen molar-refractivity contribution in [1.29, 1.82) is 0 Å². The van der Waals surface area contributed by atoms with Crippen LogP contribution in [0.1, 0.15) is 26.2 Å². The second-order valence-corrected chi connectivity index (χ2v) is 6.94. The third-order valence-corrected chi connectivity index (χ3v) is 6.04. The average molecular weight is 279 g/mol. The van der Waals surface area contributed by atoms with Crippen molar-refractivity contribution in [3.8, 4) is 0 Å². The van der Waals surface area contributed by atoms with Crippen LogP contribution in [0.25, 0.3) is 0 Å². The Hall–Kier alpha value is -0.473. The summed E-state index contributed by atoms with van der Waals surface area (Å²) in [6.07, 6.45) is 1.95. The molecule has 0 aliphatic carbocycles. The largest absolute Gasteiger partial charge is 0.517 e. The molecule has 0 saturated carbocycles. The first-order valence-electron chi connectivity index (χ1n) is 6.05. The predicted molar refractivity (Wildman–Crippen MR) is 70.1 cm³/mol. The number of carbonyl (C=O) groups excluding carboxylic acids is 1. The lowest BCUT2D eigenvalue weighted by Crippen LogP contribution is -2.60. The van der Waals surface area contributed by atoms with E-state index in [4.69, 9.17) is 13.3 Å². The van der Waals surface area contributed by atoms with Gasteiger partial charge in [-0.3, -0.25) is 4.79 Å². The molecule has 18 heavy (non-hydrogen) atoms. The average Bonchev–Trinajstić information content (AvgIpc) is 2.42. The predicted octanol–water partition coefficient (Wildman–Crippen LogP) is 0.725. The minimum absolute atomic E-state index is 0.0233. The van der Waals surface area contributed by atoms with Crippen LogP contribution in [0.5, 0.6) is 0 Å². The summed E-state index contributed by atoms with van der Waals surface area (Å²) in [4.78, 5) is 11.0. The van der Waals surface area contributed by atoms with Crippen molar-refractivity contribution in [2.45, 2.75) is 31.9 Å². The number of hydrogen-bond donors (Lipinski definition) is 1. The zero-order valence-corrected chi connectivity index (χ0v) is 12.9. The summed E-state index contributed by atoms with van der Waals surface area (Å²) in [6, 6.07) is 0. The number of nitrogens with one attached hydrogen (secondary N) is 1. The van der Waals surface area contributed by atoms with Crippen molar-refractivity contribution < 1.29 is 22.8 Å². The fourth-order valence-electron chi connectivity index (χ4n) is 1.81. The van der Waals surface area contributed by atoms with E-state index in [-0.39, 0.29) is 11.6 Å². The smallest absolute Gasteiger partial charge is 0.469 e. The molecule has 108 valence electrons. The molecule has 1 unspecified atom stereocenters.